The van der Waals surface area contributed by atoms with Gasteiger partial charge in [-0.25, -0.2) is 4.79 Å². The summed E-state index contributed by atoms with van der Waals surface area (Å²) in [5.74, 6) is -3.39. The number of likely N-dealkylation sites (tertiary alicyclic amines) is 1. The van der Waals surface area contributed by atoms with E-state index >= 15 is 0 Å². The van der Waals surface area contributed by atoms with Crippen molar-refractivity contribution in [2.75, 3.05) is 6.54 Å². The normalized spacial score (nSPS) is 17.2. The fourth-order valence-corrected chi connectivity index (χ4v) is 3.83. The van der Waals surface area contributed by atoms with Crippen LogP contribution in [-0.4, -0.2) is 58.6 Å². The van der Waals surface area contributed by atoms with E-state index in [1.54, 1.807) is 26.8 Å². The van der Waals surface area contributed by atoms with Gasteiger partial charge in [0.05, 0.1) is 6.04 Å². The molecule has 1 aliphatic rings. The molecule has 0 radical (unpaired) electrons. The molecule has 2 unspecified atom stereocenters. The molecule has 0 bridgehead atoms. The van der Waals surface area contributed by atoms with Crippen LogP contribution in [-0.2, 0) is 23.9 Å². The zero-order valence-electron chi connectivity index (χ0n) is 23.4. The first kappa shape index (κ1) is 33.3. The summed E-state index contributed by atoms with van der Waals surface area (Å²) in [4.78, 5) is 64.0. The summed E-state index contributed by atoms with van der Waals surface area (Å²) in [5.41, 5.74) is 3.78. The van der Waals surface area contributed by atoms with E-state index in [1.165, 1.54) is 11.3 Å². The van der Waals surface area contributed by atoms with Crippen molar-refractivity contribution >= 4 is 29.5 Å². The fraction of sp³-hybridized carbons (Fsp3) is 0.741. The smallest absolute Gasteiger partial charge is 0.408 e. The summed E-state index contributed by atoms with van der Waals surface area (Å²) in [5, 5.41) is 2.66. The van der Waals surface area contributed by atoms with Crippen LogP contribution >= 0.6 is 0 Å². The number of carbonyl (C=O) groups is 5. The first-order chi connectivity index (χ1) is 16.5. The number of carbonyl (C=O) groups excluding carboxylic acids is 5. The number of allylic oxidation sites excluding steroid dienone is 1. The number of ether oxygens (including phenoxy) is 1. The summed E-state index contributed by atoms with van der Waals surface area (Å²) in [7, 11) is 0. The van der Waals surface area contributed by atoms with Gasteiger partial charge in [-0.1, -0.05) is 47.1 Å². The average molecular weight is 510 g/mol. The molecular weight excluding hydrogens is 462 g/mol. The van der Waals surface area contributed by atoms with Gasteiger partial charge in [-0.05, 0) is 51.9 Å². The fourth-order valence-electron chi connectivity index (χ4n) is 3.83. The standard InChI is InChI=1S/C24H39N3O6.C3H8/c1-8-9-11-15(18(29)20(25)30)14-17(28)16-12-10-13-27(16)21(31)19(23(2,3)4)26-22(32)33-24(5,6)7;1-3-2/h8,15-16,19H,1,9-14H2,2-7H3,(H2,25,30)(H,26,32);3H2,1-2H3/t15?,16-,19?;/m0./s1. The molecule has 3 atom stereocenters. The minimum absolute atomic E-state index is 0.177. The lowest BCUT2D eigenvalue weighted by atomic mass is 9.85. The first-order valence-corrected chi connectivity index (χ1v) is 12.8. The second-order valence-corrected chi connectivity index (χ2v) is 11.3. The van der Waals surface area contributed by atoms with E-state index in [-0.39, 0.29) is 24.5 Å². The highest BCUT2D eigenvalue weighted by Gasteiger charge is 2.43. The molecule has 36 heavy (non-hydrogen) atoms. The van der Waals surface area contributed by atoms with Gasteiger partial charge in [0.15, 0.2) is 5.78 Å². The summed E-state index contributed by atoms with van der Waals surface area (Å²) in [6.45, 7) is 18.8. The molecule has 0 spiro atoms. The minimum Gasteiger partial charge on any atom is -0.444 e. The van der Waals surface area contributed by atoms with Gasteiger partial charge in [0.25, 0.3) is 5.91 Å². The lowest BCUT2D eigenvalue weighted by Gasteiger charge is -2.36. The zero-order chi connectivity index (χ0) is 28.3. The van der Waals surface area contributed by atoms with Gasteiger partial charge in [-0.15, -0.1) is 6.58 Å². The van der Waals surface area contributed by atoms with E-state index in [2.05, 4.69) is 25.7 Å². The maximum absolute atomic E-state index is 13.5. The highest BCUT2D eigenvalue weighted by molar-refractivity contribution is 6.36. The number of nitrogens with two attached hydrogens (primary N) is 1. The molecule has 1 heterocycles. The minimum atomic E-state index is -1.08. The SMILES string of the molecule is C=CCCC(CC(=O)[C@@H]1CCCN1C(=O)C(NC(=O)OC(C)(C)C)C(C)(C)C)C(=O)C(N)=O.CCC. The van der Waals surface area contributed by atoms with Crippen molar-refractivity contribution in [3.63, 3.8) is 0 Å². The molecule has 0 aromatic carbocycles. The lowest BCUT2D eigenvalue weighted by Crippen LogP contribution is -2.57. The second-order valence-electron chi connectivity index (χ2n) is 11.3. The molecule has 0 saturated carbocycles. The maximum Gasteiger partial charge on any atom is 0.408 e. The molecule has 1 rings (SSSR count). The van der Waals surface area contributed by atoms with Crippen LogP contribution in [0.15, 0.2) is 12.7 Å². The second kappa shape index (κ2) is 14.8. The lowest BCUT2D eigenvalue weighted by molar-refractivity contribution is -0.143. The predicted octanol–water partition coefficient (Wildman–Crippen LogP) is 3.93. The van der Waals surface area contributed by atoms with Crippen molar-refractivity contribution in [1.29, 1.82) is 0 Å². The molecule has 3 amide bonds. The number of amides is 3. The van der Waals surface area contributed by atoms with Crippen molar-refractivity contribution in [2.45, 2.75) is 112 Å². The van der Waals surface area contributed by atoms with E-state index in [9.17, 15) is 24.0 Å². The van der Waals surface area contributed by atoms with Gasteiger partial charge in [0.1, 0.15) is 11.6 Å². The van der Waals surface area contributed by atoms with Crippen LogP contribution in [0.2, 0.25) is 0 Å². The number of alkyl carbamates (subject to hydrolysis) is 1. The quantitative estimate of drug-likeness (QED) is 0.338. The van der Waals surface area contributed by atoms with Crippen LogP contribution in [0.3, 0.4) is 0 Å². The van der Waals surface area contributed by atoms with E-state index in [0.29, 0.717) is 25.8 Å². The molecule has 206 valence electrons. The van der Waals surface area contributed by atoms with Crippen molar-refractivity contribution < 1.29 is 28.7 Å². The number of primary amides is 1. The molecule has 9 heteroatoms. The van der Waals surface area contributed by atoms with Crippen LogP contribution in [0, 0.1) is 11.3 Å². The topological polar surface area (TPSA) is 136 Å². The van der Waals surface area contributed by atoms with Gasteiger partial charge < -0.3 is 20.7 Å². The summed E-state index contributed by atoms with van der Waals surface area (Å²) in [6, 6.07) is -1.64. The van der Waals surface area contributed by atoms with Gasteiger partial charge in [-0.3, -0.25) is 19.2 Å². The summed E-state index contributed by atoms with van der Waals surface area (Å²) >= 11 is 0. The number of rotatable bonds is 10. The molecular formula is C27H47N3O6. The summed E-state index contributed by atoms with van der Waals surface area (Å²) in [6.07, 6.45) is 3.77. The third-order valence-corrected chi connectivity index (χ3v) is 5.46. The Morgan fingerprint density at radius 3 is 2.11 bits per heavy atom. The molecule has 0 aliphatic carbocycles. The van der Waals surface area contributed by atoms with Gasteiger partial charge >= 0.3 is 6.09 Å². The average Bonchev–Trinajstić information content (AvgIpc) is 3.22. The zero-order valence-corrected chi connectivity index (χ0v) is 23.4. The molecule has 0 aromatic rings. The maximum atomic E-state index is 13.5. The van der Waals surface area contributed by atoms with Crippen molar-refractivity contribution in [2.24, 2.45) is 17.1 Å². The van der Waals surface area contributed by atoms with Crippen LogP contribution in [0.1, 0.15) is 93.9 Å². The molecule has 3 N–H and O–H groups in total. The number of Topliss-reactive ketones (excluding diaryl/α,β-unsaturated/α-hetero) is 2. The number of hydrogen-bond donors (Lipinski definition) is 2. The van der Waals surface area contributed by atoms with Crippen molar-refractivity contribution in [1.82, 2.24) is 10.2 Å². The number of ketones is 2. The van der Waals surface area contributed by atoms with Crippen LogP contribution in [0.25, 0.3) is 0 Å². The third-order valence-electron chi connectivity index (χ3n) is 5.46. The first-order valence-electron chi connectivity index (χ1n) is 12.8. The Bertz CT molecular complexity index is 794. The highest BCUT2D eigenvalue weighted by atomic mass is 16.6. The molecule has 1 fully saturated rings. The summed E-state index contributed by atoms with van der Waals surface area (Å²) < 4.78 is 5.31. The molecule has 1 saturated heterocycles. The largest absolute Gasteiger partial charge is 0.444 e. The third kappa shape index (κ3) is 11.4. The van der Waals surface area contributed by atoms with E-state index in [4.69, 9.17) is 10.5 Å². The number of nitrogens with zero attached hydrogens (tertiary/aromatic N) is 1. The molecule has 0 aromatic heterocycles. The van der Waals surface area contributed by atoms with E-state index < -0.39 is 46.8 Å². The van der Waals surface area contributed by atoms with Gasteiger partial charge in [-0.2, -0.15) is 0 Å². The van der Waals surface area contributed by atoms with Gasteiger partial charge in [0.2, 0.25) is 11.7 Å². The monoisotopic (exact) mass is 509 g/mol. The highest BCUT2D eigenvalue weighted by Crippen LogP contribution is 2.28. The Hall–Kier alpha value is -2.71. The van der Waals surface area contributed by atoms with E-state index in [1.807, 2.05) is 20.8 Å². The Labute approximate surface area is 216 Å². The van der Waals surface area contributed by atoms with Crippen molar-refractivity contribution in [3.05, 3.63) is 12.7 Å². The Balaban J connectivity index is 0.00000387. The van der Waals surface area contributed by atoms with Gasteiger partial charge in [0, 0.05) is 18.9 Å². The Kier molecular flexibility index (Phi) is 13.6. The van der Waals surface area contributed by atoms with Crippen LogP contribution in [0.5, 0.6) is 0 Å². The predicted molar refractivity (Wildman–Crippen MR) is 140 cm³/mol. The van der Waals surface area contributed by atoms with Crippen LogP contribution < -0.4 is 11.1 Å². The number of nitrogens with one attached hydrogen (secondary N) is 1. The van der Waals surface area contributed by atoms with Crippen molar-refractivity contribution in [3.8, 4) is 0 Å². The Morgan fingerprint density at radius 1 is 1.11 bits per heavy atom. The Morgan fingerprint density at radius 2 is 1.67 bits per heavy atom. The molecule has 9 nitrogen and oxygen atoms in total. The van der Waals surface area contributed by atoms with Crippen LogP contribution in [0.4, 0.5) is 4.79 Å². The molecule has 1 aliphatic heterocycles. The number of hydrogen-bond acceptors (Lipinski definition) is 6. The van der Waals surface area contributed by atoms with E-state index in [0.717, 1.165) is 0 Å².